The van der Waals surface area contributed by atoms with E-state index < -0.39 is 0 Å². The largest absolute Gasteiger partial charge is 1.00 e. The topological polar surface area (TPSA) is 41.4 Å². The number of piperidine rings is 1. The molecule has 1 saturated heterocycles. The van der Waals surface area contributed by atoms with Crippen molar-refractivity contribution in [1.29, 1.82) is 0 Å². The molecule has 2 aliphatic rings. The Bertz CT molecular complexity index is 242. The molecule has 13 heavy (non-hydrogen) atoms. The van der Waals surface area contributed by atoms with Crippen LogP contribution in [0.4, 0.5) is 0 Å². The monoisotopic (exact) mass is 219 g/mol. The molecule has 74 valence electrons. The van der Waals surface area contributed by atoms with Crippen LogP contribution in [0.3, 0.4) is 0 Å². The lowest BCUT2D eigenvalue weighted by Crippen LogP contribution is -3.00. The van der Waals surface area contributed by atoms with Gasteiger partial charge in [-0.3, -0.25) is 4.58 Å². The third-order valence-electron chi connectivity index (χ3n) is 2.21. The Morgan fingerprint density at radius 2 is 1.92 bits per heavy atom. The highest BCUT2D eigenvalue weighted by atomic mass is 35.5. The van der Waals surface area contributed by atoms with Gasteiger partial charge in [0.25, 0.3) is 0 Å². The van der Waals surface area contributed by atoms with Crippen molar-refractivity contribution in [3.8, 4) is 0 Å². The van der Waals surface area contributed by atoms with E-state index in [1.165, 1.54) is 32.4 Å². The predicted molar refractivity (Wildman–Crippen MR) is 52.9 cm³/mol. The molecule has 1 fully saturated rings. The zero-order valence-electron chi connectivity index (χ0n) is 7.50. The standard InChI is InChI=1S/C8H13N3S.ClH/c9-7-6-12-8(10-7)11-4-2-1-3-5-11;/h9H,1-6H2;1H. The van der Waals surface area contributed by atoms with Crippen molar-refractivity contribution < 1.29 is 17.0 Å². The van der Waals surface area contributed by atoms with Crippen LogP contribution in [-0.4, -0.2) is 34.4 Å². The second-order valence-corrected chi connectivity index (χ2v) is 4.16. The number of nitrogens with zero attached hydrogens (tertiary/aromatic N) is 2. The summed E-state index contributed by atoms with van der Waals surface area (Å²) in [6.07, 6.45) is 3.98. The third kappa shape index (κ3) is 2.61. The number of nitrogens with two attached hydrogens (primary N) is 1. The average Bonchev–Trinajstić information content (AvgIpc) is 2.54. The molecule has 0 saturated carbocycles. The maximum absolute atomic E-state index is 5.61. The lowest BCUT2D eigenvalue weighted by Gasteiger charge is -2.12. The fourth-order valence-electron chi connectivity index (χ4n) is 1.57. The molecule has 2 rings (SSSR count). The molecule has 2 N–H and O–H groups in total. The van der Waals surface area contributed by atoms with Crippen LogP contribution >= 0.6 is 11.8 Å². The summed E-state index contributed by atoms with van der Waals surface area (Å²) in [6, 6.07) is 0. The minimum Gasteiger partial charge on any atom is -1.00 e. The molecule has 0 aromatic heterocycles. The molecule has 0 aromatic rings. The second-order valence-electron chi connectivity index (χ2n) is 3.22. The lowest BCUT2D eigenvalue weighted by atomic mass is 10.2. The van der Waals surface area contributed by atoms with Crippen LogP contribution in [0.25, 0.3) is 0 Å². The van der Waals surface area contributed by atoms with Crippen LogP contribution in [0.5, 0.6) is 0 Å². The van der Waals surface area contributed by atoms with Gasteiger partial charge in [0.1, 0.15) is 0 Å². The van der Waals surface area contributed by atoms with Crippen LogP contribution in [-0.2, 0) is 0 Å². The normalized spacial score (nSPS) is 22.6. The summed E-state index contributed by atoms with van der Waals surface area (Å²) in [6.45, 7) is 2.33. The Labute approximate surface area is 88.9 Å². The fraction of sp³-hybridized carbons (Fsp3) is 0.750. The molecule has 5 heteroatoms. The Balaban J connectivity index is 0.000000845. The van der Waals surface area contributed by atoms with Crippen LogP contribution in [0.1, 0.15) is 19.3 Å². The number of rotatable bonds is 0. The van der Waals surface area contributed by atoms with Gasteiger partial charge >= 0.3 is 5.17 Å². The Hall–Kier alpha value is -0.220. The first-order valence-corrected chi connectivity index (χ1v) is 5.42. The molecule has 0 unspecified atom stereocenters. The van der Waals surface area contributed by atoms with Crippen LogP contribution in [0.15, 0.2) is 4.99 Å². The summed E-state index contributed by atoms with van der Waals surface area (Å²) < 4.78 is 2.36. The number of hydrogen-bond acceptors (Lipinski definition) is 2. The van der Waals surface area contributed by atoms with Gasteiger partial charge < -0.3 is 18.1 Å². The maximum Gasteiger partial charge on any atom is 0.357 e. The molecule has 3 nitrogen and oxygen atoms in total. The van der Waals surface area contributed by atoms with Crippen molar-refractivity contribution in [3.05, 3.63) is 0 Å². The van der Waals surface area contributed by atoms with E-state index in [1.54, 1.807) is 11.8 Å². The Kier molecular flexibility index (Phi) is 4.06. The SMILES string of the molecule is NC1=NC(=[N+]2CCCCC2)SC1.[Cl-]. The highest BCUT2D eigenvalue weighted by Crippen LogP contribution is 2.15. The van der Waals surface area contributed by atoms with Gasteiger partial charge in [-0.15, -0.1) is 0 Å². The summed E-state index contributed by atoms with van der Waals surface area (Å²) >= 11 is 1.77. The molecule has 0 atom stereocenters. The first kappa shape index (κ1) is 10.9. The van der Waals surface area contributed by atoms with E-state index in [1.807, 2.05) is 0 Å². The predicted octanol–water partition coefficient (Wildman–Crippen LogP) is -2.35. The summed E-state index contributed by atoms with van der Waals surface area (Å²) in [5.74, 6) is 1.66. The minimum atomic E-state index is 0. The maximum atomic E-state index is 5.61. The van der Waals surface area contributed by atoms with Crippen LogP contribution in [0.2, 0.25) is 0 Å². The Morgan fingerprint density at radius 3 is 2.46 bits per heavy atom. The van der Waals surface area contributed by atoms with Crippen LogP contribution in [0, 0.1) is 0 Å². The van der Waals surface area contributed by atoms with Crippen molar-refractivity contribution in [2.24, 2.45) is 10.7 Å². The van der Waals surface area contributed by atoms with Crippen LogP contribution < -0.4 is 18.1 Å². The summed E-state index contributed by atoms with van der Waals surface area (Å²) in [7, 11) is 0. The van der Waals surface area contributed by atoms with Crippen molar-refractivity contribution in [2.45, 2.75) is 19.3 Å². The smallest absolute Gasteiger partial charge is 0.357 e. The summed E-state index contributed by atoms with van der Waals surface area (Å²) in [5, 5.41) is 1.15. The average molecular weight is 220 g/mol. The van der Waals surface area contributed by atoms with E-state index in [9.17, 15) is 0 Å². The van der Waals surface area contributed by atoms with E-state index in [-0.39, 0.29) is 12.4 Å². The number of thioether (sulfide) groups is 1. The van der Waals surface area contributed by atoms with E-state index >= 15 is 0 Å². The molecule has 2 heterocycles. The number of hydrogen-bond donors (Lipinski definition) is 1. The zero-order chi connectivity index (χ0) is 8.39. The molecule has 0 aliphatic carbocycles. The lowest BCUT2D eigenvalue weighted by molar-refractivity contribution is -0.535. The third-order valence-corrected chi connectivity index (χ3v) is 3.26. The van der Waals surface area contributed by atoms with Gasteiger partial charge in [0.15, 0.2) is 0 Å². The number of aliphatic imine (C=N–C) groups is 1. The Morgan fingerprint density at radius 1 is 1.23 bits per heavy atom. The first-order chi connectivity index (χ1) is 5.86. The van der Waals surface area contributed by atoms with Gasteiger partial charge in [-0.2, -0.15) is 0 Å². The zero-order valence-corrected chi connectivity index (χ0v) is 9.07. The molecular weight excluding hydrogens is 206 g/mol. The first-order valence-electron chi connectivity index (χ1n) is 4.44. The minimum absolute atomic E-state index is 0. The van der Waals surface area contributed by atoms with Gasteiger partial charge in [-0.05, 0) is 36.0 Å². The van der Waals surface area contributed by atoms with Gasteiger partial charge in [0, 0.05) is 0 Å². The van der Waals surface area contributed by atoms with Crippen molar-refractivity contribution in [3.63, 3.8) is 0 Å². The molecular formula is C8H14ClN3S. The van der Waals surface area contributed by atoms with E-state index in [2.05, 4.69) is 9.57 Å². The molecule has 0 spiro atoms. The highest BCUT2D eigenvalue weighted by Gasteiger charge is 2.24. The fourth-order valence-corrected chi connectivity index (χ4v) is 2.46. The quantitative estimate of drug-likeness (QED) is 0.464. The molecule has 0 radical (unpaired) electrons. The van der Waals surface area contributed by atoms with E-state index in [0.29, 0.717) is 0 Å². The number of halogens is 1. The van der Waals surface area contributed by atoms with Gasteiger partial charge in [-0.1, -0.05) is 0 Å². The van der Waals surface area contributed by atoms with Gasteiger partial charge in [0.2, 0.25) is 5.84 Å². The molecule has 0 aromatic carbocycles. The molecule has 0 bridgehead atoms. The van der Waals surface area contributed by atoms with Crippen molar-refractivity contribution in [2.75, 3.05) is 18.8 Å². The van der Waals surface area contributed by atoms with Crippen molar-refractivity contribution >= 4 is 22.8 Å². The van der Waals surface area contributed by atoms with E-state index in [0.717, 1.165) is 16.8 Å². The molecule has 0 amide bonds. The van der Waals surface area contributed by atoms with Crippen molar-refractivity contribution in [1.82, 2.24) is 0 Å². The molecule has 2 aliphatic heterocycles. The summed E-state index contributed by atoms with van der Waals surface area (Å²) in [4.78, 5) is 4.31. The van der Waals surface area contributed by atoms with E-state index in [4.69, 9.17) is 5.73 Å². The summed E-state index contributed by atoms with van der Waals surface area (Å²) in [5.41, 5.74) is 5.61. The number of amidine groups is 2. The van der Waals surface area contributed by atoms with Gasteiger partial charge in [0.05, 0.1) is 18.8 Å². The highest BCUT2D eigenvalue weighted by molar-refractivity contribution is 8.14. The second kappa shape index (κ2) is 4.86. The van der Waals surface area contributed by atoms with Gasteiger partial charge in [-0.25, -0.2) is 0 Å².